The Morgan fingerprint density at radius 3 is 2.28 bits per heavy atom. The van der Waals surface area contributed by atoms with E-state index in [4.69, 9.17) is 18.9 Å². The molecule has 2 N–H and O–H groups in total. The van der Waals surface area contributed by atoms with Crippen molar-refractivity contribution in [1.29, 1.82) is 0 Å². The Morgan fingerprint density at radius 2 is 1.72 bits per heavy atom. The average molecular weight is 402 g/mol. The lowest BCUT2D eigenvalue weighted by atomic mass is 10.2. The largest absolute Gasteiger partial charge is 0.493 e. The Morgan fingerprint density at radius 1 is 1.03 bits per heavy atom. The van der Waals surface area contributed by atoms with E-state index in [-0.39, 0.29) is 6.10 Å². The smallest absolute Gasteiger partial charge is 0.203 e. The van der Waals surface area contributed by atoms with Crippen molar-refractivity contribution < 1.29 is 18.9 Å². The molecule has 0 aliphatic heterocycles. The topological polar surface area (TPSA) is 73.3 Å². The predicted molar refractivity (Wildman–Crippen MR) is 117 cm³/mol. The van der Waals surface area contributed by atoms with Crippen LogP contribution in [0.5, 0.6) is 23.0 Å². The van der Waals surface area contributed by atoms with Gasteiger partial charge in [0, 0.05) is 24.4 Å². The summed E-state index contributed by atoms with van der Waals surface area (Å²) in [5.41, 5.74) is 1.93. The van der Waals surface area contributed by atoms with Gasteiger partial charge >= 0.3 is 0 Å². The van der Waals surface area contributed by atoms with E-state index in [0.29, 0.717) is 29.8 Å². The number of aryl methyl sites for hydroxylation is 1. The predicted octanol–water partition coefficient (Wildman–Crippen LogP) is 3.87. The maximum absolute atomic E-state index is 5.96. The monoisotopic (exact) mass is 401 g/mol. The molecule has 0 aromatic heterocycles. The van der Waals surface area contributed by atoms with Gasteiger partial charge in [-0.05, 0) is 38.5 Å². The summed E-state index contributed by atoms with van der Waals surface area (Å²) in [6, 6.07) is 11.7. The van der Waals surface area contributed by atoms with Crippen LogP contribution in [0.1, 0.15) is 19.4 Å². The molecule has 0 aliphatic rings. The third-order valence-electron chi connectivity index (χ3n) is 4.11. The zero-order chi connectivity index (χ0) is 21.2. The summed E-state index contributed by atoms with van der Waals surface area (Å²) in [6.07, 6.45) is -0.0767. The number of nitrogens with zero attached hydrogens (tertiary/aromatic N) is 1. The fourth-order valence-electron chi connectivity index (χ4n) is 2.78. The molecule has 0 saturated carbocycles. The van der Waals surface area contributed by atoms with Crippen molar-refractivity contribution in [3.05, 3.63) is 42.0 Å². The number of methoxy groups -OCH3 is 3. The number of benzene rings is 2. The first-order chi connectivity index (χ1) is 14.0. The third-order valence-corrected chi connectivity index (χ3v) is 4.11. The van der Waals surface area contributed by atoms with Gasteiger partial charge < -0.3 is 29.6 Å². The first-order valence-electron chi connectivity index (χ1n) is 9.59. The molecule has 1 atom stereocenters. The van der Waals surface area contributed by atoms with Crippen LogP contribution in [0.4, 0.5) is 5.69 Å². The van der Waals surface area contributed by atoms with E-state index in [9.17, 15) is 0 Å². The number of guanidine groups is 1. The Labute approximate surface area is 173 Å². The lowest BCUT2D eigenvalue weighted by Crippen LogP contribution is -2.32. The van der Waals surface area contributed by atoms with E-state index in [0.717, 1.165) is 23.5 Å². The van der Waals surface area contributed by atoms with Crippen LogP contribution in [-0.4, -0.2) is 46.5 Å². The molecular weight excluding hydrogens is 370 g/mol. The molecule has 0 heterocycles. The van der Waals surface area contributed by atoms with Gasteiger partial charge in [-0.2, -0.15) is 0 Å². The number of hydrogen-bond donors (Lipinski definition) is 2. The quantitative estimate of drug-likeness (QED) is 0.491. The van der Waals surface area contributed by atoms with Crippen molar-refractivity contribution in [2.75, 3.05) is 39.7 Å². The maximum Gasteiger partial charge on any atom is 0.203 e. The lowest BCUT2D eigenvalue weighted by Gasteiger charge is -2.17. The number of hydrogen-bond acceptors (Lipinski definition) is 5. The first kappa shape index (κ1) is 22.2. The van der Waals surface area contributed by atoms with E-state index < -0.39 is 0 Å². The van der Waals surface area contributed by atoms with E-state index >= 15 is 0 Å². The molecule has 0 aliphatic carbocycles. The molecule has 0 amide bonds. The van der Waals surface area contributed by atoms with Gasteiger partial charge in [0.2, 0.25) is 5.75 Å². The number of ether oxygens (including phenoxy) is 4. The summed E-state index contributed by atoms with van der Waals surface area (Å²) in [4.78, 5) is 4.64. The molecular formula is C22H31N3O4. The minimum Gasteiger partial charge on any atom is -0.493 e. The molecule has 0 fully saturated rings. The van der Waals surface area contributed by atoms with E-state index in [2.05, 4.69) is 15.6 Å². The van der Waals surface area contributed by atoms with Crippen LogP contribution >= 0.6 is 0 Å². The lowest BCUT2D eigenvalue weighted by molar-refractivity contribution is 0.230. The van der Waals surface area contributed by atoms with Crippen LogP contribution in [0.3, 0.4) is 0 Å². The van der Waals surface area contributed by atoms with Gasteiger partial charge in [0.15, 0.2) is 17.5 Å². The Hall–Kier alpha value is -3.09. The highest BCUT2D eigenvalue weighted by Crippen LogP contribution is 2.39. The van der Waals surface area contributed by atoms with E-state index in [1.54, 1.807) is 21.3 Å². The van der Waals surface area contributed by atoms with Gasteiger partial charge in [-0.15, -0.1) is 0 Å². The molecule has 2 rings (SSSR count). The number of rotatable bonds is 9. The van der Waals surface area contributed by atoms with Crippen LogP contribution in [0, 0.1) is 6.92 Å². The van der Waals surface area contributed by atoms with Crippen LogP contribution in [0.2, 0.25) is 0 Å². The van der Waals surface area contributed by atoms with Crippen LogP contribution in [0.25, 0.3) is 0 Å². The average Bonchev–Trinajstić information content (AvgIpc) is 2.71. The first-order valence-corrected chi connectivity index (χ1v) is 9.59. The molecule has 0 saturated heterocycles. The van der Waals surface area contributed by atoms with Crippen molar-refractivity contribution in [1.82, 2.24) is 5.32 Å². The number of aliphatic imine (C=N–C) groups is 1. The second-order valence-electron chi connectivity index (χ2n) is 6.50. The number of anilines is 1. The highest BCUT2D eigenvalue weighted by molar-refractivity contribution is 5.94. The van der Waals surface area contributed by atoms with Gasteiger partial charge in [-0.1, -0.05) is 12.1 Å². The molecule has 0 radical (unpaired) electrons. The van der Waals surface area contributed by atoms with Gasteiger partial charge in [0.1, 0.15) is 11.9 Å². The molecule has 7 nitrogen and oxygen atoms in total. The van der Waals surface area contributed by atoms with Crippen molar-refractivity contribution in [2.45, 2.75) is 26.9 Å². The second kappa shape index (κ2) is 11.0. The normalized spacial score (nSPS) is 12.1. The molecule has 29 heavy (non-hydrogen) atoms. The number of nitrogens with one attached hydrogen (secondary N) is 2. The Balaban J connectivity index is 2.12. The van der Waals surface area contributed by atoms with Crippen LogP contribution in [-0.2, 0) is 0 Å². The van der Waals surface area contributed by atoms with Crippen LogP contribution < -0.4 is 29.6 Å². The Bertz CT molecular complexity index is 798. The molecule has 1 unspecified atom stereocenters. The summed E-state index contributed by atoms with van der Waals surface area (Å²) < 4.78 is 22.1. The maximum atomic E-state index is 5.96. The highest BCUT2D eigenvalue weighted by atomic mass is 16.5. The Kier molecular flexibility index (Phi) is 8.45. The van der Waals surface area contributed by atoms with E-state index in [1.807, 2.05) is 57.2 Å². The standard InChI is InChI=1S/C22H31N3O4/c1-7-23-22(24-14-16(3)29-18-10-8-9-15(2)11-18)25-17-12-19(26-4)21(28-6)20(13-17)27-5/h8-13,16H,7,14H2,1-6H3,(H2,23,24,25). The van der Waals surface area contributed by atoms with Gasteiger partial charge in [0.25, 0.3) is 0 Å². The van der Waals surface area contributed by atoms with Crippen LogP contribution in [0.15, 0.2) is 41.4 Å². The summed E-state index contributed by atoms with van der Waals surface area (Å²) in [6.45, 7) is 7.27. The van der Waals surface area contributed by atoms with Crippen molar-refractivity contribution in [3.8, 4) is 23.0 Å². The minimum absolute atomic E-state index is 0.0767. The molecule has 0 bridgehead atoms. The van der Waals surface area contributed by atoms with Gasteiger partial charge in [-0.3, -0.25) is 0 Å². The molecule has 158 valence electrons. The summed E-state index contributed by atoms with van der Waals surface area (Å²) in [7, 11) is 4.75. The minimum atomic E-state index is -0.0767. The zero-order valence-electron chi connectivity index (χ0n) is 18.0. The molecule has 2 aromatic carbocycles. The van der Waals surface area contributed by atoms with Crippen molar-refractivity contribution >= 4 is 11.6 Å². The fraction of sp³-hybridized carbons (Fsp3) is 0.409. The van der Waals surface area contributed by atoms with Crippen molar-refractivity contribution in [3.63, 3.8) is 0 Å². The zero-order valence-corrected chi connectivity index (χ0v) is 18.0. The van der Waals surface area contributed by atoms with Crippen molar-refractivity contribution in [2.24, 2.45) is 4.99 Å². The molecule has 0 spiro atoms. The molecule has 7 heteroatoms. The highest BCUT2D eigenvalue weighted by Gasteiger charge is 2.14. The fourth-order valence-corrected chi connectivity index (χ4v) is 2.78. The van der Waals surface area contributed by atoms with E-state index in [1.165, 1.54) is 0 Å². The third kappa shape index (κ3) is 6.48. The SMILES string of the molecule is CCNC(=NCC(C)Oc1cccc(C)c1)Nc1cc(OC)c(OC)c(OC)c1. The molecule has 2 aromatic rings. The second-order valence-corrected chi connectivity index (χ2v) is 6.50. The van der Waals surface area contributed by atoms with Gasteiger partial charge in [-0.25, -0.2) is 4.99 Å². The summed E-state index contributed by atoms with van der Waals surface area (Å²) in [5, 5.41) is 6.51. The van der Waals surface area contributed by atoms with Gasteiger partial charge in [0.05, 0.1) is 27.9 Å². The summed E-state index contributed by atoms with van der Waals surface area (Å²) in [5.74, 6) is 3.17. The summed E-state index contributed by atoms with van der Waals surface area (Å²) >= 11 is 0.